The fourth-order valence-corrected chi connectivity index (χ4v) is 2.80. The van der Waals surface area contributed by atoms with E-state index in [0.717, 1.165) is 16.6 Å². The van der Waals surface area contributed by atoms with Crippen LogP contribution in [0.1, 0.15) is 38.3 Å². The Kier molecular flexibility index (Phi) is 6.60. The number of hydrogen-bond donors (Lipinski definition) is 1. The normalized spacial score (nSPS) is 13.0. The van der Waals surface area contributed by atoms with Crippen LogP contribution in [0, 0.1) is 0 Å². The summed E-state index contributed by atoms with van der Waals surface area (Å²) in [6, 6.07) is 7.24. The number of benzene rings is 1. The van der Waals surface area contributed by atoms with Crippen LogP contribution < -0.4 is 10.1 Å². The van der Waals surface area contributed by atoms with Gasteiger partial charge in [0.1, 0.15) is 5.75 Å². The van der Waals surface area contributed by atoms with Gasteiger partial charge in [-0.25, -0.2) is 13.2 Å². The van der Waals surface area contributed by atoms with Crippen LogP contribution in [-0.4, -0.2) is 53.6 Å². The second-order valence-corrected chi connectivity index (χ2v) is 9.51. The van der Waals surface area contributed by atoms with Gasteiger partial charge in [0.25, 0.3) is 0 Å². The molecule has 0 unspecified atom stereocenters. The second kappa shape index (κ2) is 8.55. The maximum absolute atomic E-state index is 12.2. The number of rotatable bonds is 7. The molecule has 0 spiro atoms. The summed E-state index contributed by atoms with van der Waals surface area (Å²) in [7, 11) is -1.77. The Balaban J connectivity index is 2.23. The van der Waals surface area contributed by atoms with Crippen LogP contribution in [0.5, 0.6) is 5.75 Å². The Morgan fingerprint density at radius 3 is 2.43 bits per heavy atom. The number of methoxy groups -OCH3 is 1. The maximum atomic E-state index is 12.2. The minimum Gasteiger partial charge on any atom is -0.497 e. The smallest absolute Gasteiger partial charge is 0.408 e. The number of sulfone groups is 1. The van der Waals surface area contributed by atoms with Gasteiger partial charge in [-0.15, -0.1) is 15.0 Å². The zero-order chi connectivity index (χ0) is 20.9. The predicted octanol–water partition coefficient (Wildman–Crippen LogP) is 1.49. The number of alkyl carbamates (subject to hydrolysis) is 1. The molecule has 154 valence electrons. The molecular formula is C17H25N5O5S. The van der Waals surface area contributed by atoms with Gasteiger partial charge in [0.15, 0.2) is 21.8 Å². The highest BCUT2D eigenvalue weighted by Crippen LogP contribution is 2.21. The first kappa shape index (κ1) is 21.6. The molecule has 0 fully saturated rings. The van der Waals surface area contributed by atoms with Crippen LogP contribution in [-0.2, 0) is 26.9 Å². The van der Waals surface area contributed by atoms with Gasteiger partial charge in [0, 0.05) is 18.2 Å². The lowest BCUT2D eigenvalue weighted by atomic mass is 10.1. The molecule has 0 saturated carbocycles. The van der Waals surface area contributed by atoms with Crippen molar-refractivity contribution in [2.24, 2.45) is 0 Å². The van der Waals surface area contributed by atoms with E-state index in [0.29, 0.717) is 5.75 Å². The molecule has 1 atom stereocenters. The predicted molar refractivity (Wildman–Crippen MR) is 101 cm³/mol. The van der Waals surface area contributed by atoms with Gasteiger partial charge in [0.05, 0.1) is 7.11 Å². The Morgan fingerprint density at radius 2 is 1.89 bits per heavy atom. The Hall–Kier alpha value is -2.69. The number of amides is 1. The van der Waals surface area contributed by atoms with Crippen molar-refractivity contribution in [3.05, 3.63) is 35.7 Å². The van der Waals surface area contributed by atoms with E-state index in [9.17, 15) is 13.2 Å². The summed E-state index contributed by atoms with van der Waals surface area (Å²) in [4.78, 5) is 13.2. The van der Waals surface area contributed by atoms with Crippen molar-refractivity contribution in [2.45, 2.75) is 44.7 Å². The molecule has 28 heavy (non-hydrogen) atoms. The maximum Gasteiger partial charge on any atom is 0.408 e. The van der Waals surface area contributed by atoms with Crippen molar-refractivity contribution in [3.63, 3.8) is 0 Å². The van der Waals surface area contributed by atoms with Gasteiger partial charge in [-0.1, -0.05) is 12.1 Å². The van der Waals surface area contributed by atoms with Crippen molar-refractivity contribution >= 4 is 15.9 Å². The quantitative estimate of drug-likeness (QED) is 0.726. The number of tetrazole rings is 1. The number of carbonyl (C=O) groups excluding carboxylic acids is 1. The zero-order valence-electron chi connectivity index (χ0n) is 16.5. The molecule has 0 aliphatic rings. The SMILES string of the molecule is COc1ccc(C[C@H](OC(=O)NC(C)(C)C)c2nnn(CS(C)(=O)=O)n2)cc1. The van der Waals surface area contributed by atoms with Crippen LogP contribution in [0.25, 0.3) is 0 Å². The number of nitrogens with one attached hydrogen (secondary N) is 1. The van der Waals surface area contributed by atoms with E-state index in [-0.39, 0.29) is 12.2 Å². The summed E-state index contributed by atoms with van der Waals surface area (Å²) in [5, 5.41) is 14.4. The molecule has 0 radical (unpaired) electrons. The van der Waals surface area contributed by atoms with Crippen LogP contribution in [0.15, 0.2) is 24.3 Å². The van der Waals surface area contributed by atoms with Crippen LogP contribution in [0.4, 0.5) is 4.79 Å². The third kappa shape index (κ3) is 7.14. The summed E-state index contributed by atoms with van der Waals surface area (Å²) < 4.78 is 33.5. The molecule has 0 aliphatic carbocycles. The Bertz CT molecular complexity index is 903. The molecular weight excluding hydrogens is 386 g/mol. The number of carbonyl (C=O) groups is 1. The van der Waals surface area contributed by atoms with Crippen molar-refractivity contribution in [1.82, 2.24) is 25.5 Å². The topological polar surface area (TPSA) is 125 Å². The van der Waals surface area contributed by atoms with Crippen molar-refractivity contribution < 1.29 is 22.7 Å². The molecule has 2 aromatic rings. The lowest BCUT2D eigenvalue weighted by Crippen LogP contribution is -2.41. The van der Waals surface area contributed by atoms with E-state index in [1.54, 1.807) is 19.2 Å². The number of hydrogen-bond acceptors (Lipinski definition) is 8. The lowest BCUT2D eigenvalue weighted by Gasteiger charge is -2.22. The number of nitrogens with zero attached hydrogens (tertiary/aromatic N) is 4. The molecule has 1 aromatic heterocycles. The summed E-state index contributed by atoms with van der Waals surface area (Å²) >= 11 is 0. The standard InChI is InChI=1S/C17H25N5O5S/c1-17(2,3)18-16(23)27-14(10-12-6-8-13(26-4)9-7-12)15-19-21-22(20-15)11-28(5,24)25/h6-9,14H,10-11H2,1-5H3,(H,18,23)/t14-/m0/s1. The van der Waals surface area contributed by atoms with E-state index in [2.05, 4.69) is 20.7 Å². The number of aromatic nitrogens is 4. The molecule has 0 saturated heterocycles. The lowest BCUT2D eigenvalue weighted by molar-refractivity contribution is 0.0863. The van der Waals surface area contributed by atoms with E-state index in [1.807, 2.05) is 32.9 Å². The third-order valence-electron chi connectivity index (χ3n) is 3.41. The minimum atomic E-state index is -3.34. The molecule has 11 heteroatoms. The van der Waals surface area contributed by atoms with Crippen LogP contribution in [0.3, 0.4) is 0 Å². The van der Waals surface area contributed by atoms with E-state index >= 15 is 0 Å². The summed E-state index contributed by atoms with van der Waals surface area (Å²) in [6.07, 6.45) is -0.126. The average Bonchev–Trinajstić information content (AvgIpc) is 2.99. The number of ether oxygens (including phenoxy) is 2. The highest BCUT2D eigenvalue weighted by Gasteiger charge is 2.25. The van der Waals surface area contributed by atoms with Crippen molar-refractivity contribution in [2.75, 3.05) is 13.4 Å². The molecule has 2 rings (SSSR count). The largest absolute Gasteiger partial charge is 0.497 e. The van der Waals surface area contributed by atoms with Gasteiger partial charge < -0.3 is 14.8 Å². The highest BCUT2D eigenvalue weighted by atomic mass is 32.2. The van der Waals surface area contributed by atoms with Gasteiger partial charge in [-0.3, -0.25) is 0 Å². The Morgan fingerprint density at radius 1 is 1.25 bits per heavy atom. The Labute approximate surface area is 164 Å². The molecule has 1 heterocycles. The zero-order valence-corrected chi connectivity index (χ0v) is 17.4. The van der Waals surface area contributed by atoms with Crippen LogP contribution >= 0.6 is 0 Å². The van der Waals surface area contributed by atoms with Crippen LogP contribution in [0.2, 0.25) is 0 Å². The minimum absolute atomic E-state index is 0.114. The van der Waals surface area contributed by atoms with Crippen molar-refractivity contribution in [3.8, 4) is 5.75 Å². The second-order valence-electron chi connectivity index (χ2n) is 7.40. The van der Waals surface area contributed by atoms with E-state index in [4.69, 9.17) is 9.47 Å². The first-order valence-corrected chi connectivity index (χ1v) is 10.6. The highest BCUT2D eigenvalue weighted by molar-refractivity contribution is 7.89. The molecule has 1 N–H and O–H groups in total. The monoisotopic (exact) mass is 411 g/mol. The molecule has 10 nitrogen and oxygen atoms in total. The molecule has 1 amide bonds. The fraction of sp³-hybridized carbons (Fsp3) is 0.529. The van der Waals surface area contributed by atoms with Crippen molar-refractivity contribution in [1.29, 1.82) is 0 Å². The van der Waals surface area contributed by atoms with Gasteiger partial charge in [0.2, 0.25) is 5.82 Å². The van der Waals surface area contributed by atoms with Gasteiger partial charge >= 0.3 is 6.09 Å². The summed E-state index contributed by atoms with van der Waals surface area (Å²) in [5.41, 5.74) is 0.372. The summed E-state index contributed by atoms with van der Waals surface area (Å²) in [6.45, 7) is 5.48. The first-order chi connectivity index (χ1) is 12.9. The third-order valence-corrected chi connectivity index (χ3v) is 4.11. The molecule has 1 aromatic carbocycles. The van der Waals surface area contributed by atoms with Gasteiger partial charge in [-0.2, -0.15) is 0 Å². The van der Waals surface area contributed by atoms with E-state index < -0.39 is 33.5 Å². The van der Waals surface area contributed by atoms with Gasteiger partial charge in [-0.05, 0) is 43.7 Å². The summed E-state index contributed by atoms with van der Waals surface area (Å²) in [5.74, 6) is 0.399. The fourth-order valence-electron chi connectivity index (χ4n) is 2.28. The van der Waals surface area contributed by atoms with E-state index in [1.165, 1.54) is 0 Å². The molecule has 0 aliphatic heterocycles. The average molecular weight is 411 g/mol. The molecule has 0 bridgehead atoms. The first-order valence-electron chi connectivity index (χ1n) is 8.52.